The lowest BCUT2D eigenvalue weighted by atomic mass is 10.1. The number of thiophene rings is 1. The summed E-state index contributed by atoms with van der Waals surface area (Å²) in [4.78, 5) is 1.32. The third-order valence-electron chi connectivity index (χ3n) is 2.65. The molecule has 0 saturated heterocycles. The van der Waals surface area contributed by atoms with Crippen LogP contribution in [-0.2, 0) is 13.5 Å². The predicted molar refractivity (Wildman–Crippen MR) is 65.5 cm³/mol. The van der Waals surface area contributed by atoms with Gasteiger partial charge in [0.05, 0.1) is 11.8 Å². The molecule has 0 fully saturated rings. The molecular weight excluding hydrogens is 220 g/mol. The summed E-state index contributed by atoms with van der Waals surface area (Å²) >= 11 is 1.74. The molecule has 3 nitrogen and oxygen atoms in total. The van der Waals surface area contributed by atoms with Crippen molar-refractivity contribution in [2.24, 2.45) is 7.05 Å². The molecule has 86 valence electrons. The Morgan fingerprint density at radius 3 is 2.94 bits per heavy atom. The highest BCUT2D eigenvalue weighted by Crippen LogP contribution is 2.22. The first-order valence-electron chi connectivity index (χ1n) is 5.37. The zero-order valence-electron chi connectivity index (χ0n) is 9.55. The van der Waals surface area contributed by atoms with Crippen molar-refractivity contribution in [2.45, 2.75) is 25.9 Å². The van der Waals surface area contributed by atoms with Crippen molar-refractivity contribution in [1.29, 1.82) is 0 Å². The first kappa shape index (κ1) is 11.4. The van der Waals surface area contributed by atoms with Crippen LogP contribution in [0, 0.1) is 6.92 Å². The van der Waals surface area contributed by atoms with Gasteiger partial charge in [-0.25, -0.2) is 0 Å². The van der Waals surface area contributed by atoms with E-state index in [4.69, 9.17) is 0 Å². The number of aryl methyl sites for hydroxylation is 3. The second-order valence-electron chi connectivity index (χ2n) is 3.98. The number of nitrogens with zero attached hydrogens (tertiary/aromatic N) is 2. The van der Waals surface area contributed by atoms with Crippen molar-refractivity contribution in [3.05, 3.63) is 39.8 Å². The van der Waals surface area contributed by atoms with E-state index in [0.29, 0.717) is 0 Å². The lowest BCUT2D eigenvalue weighted by Crippen LogP contribution is -1.99. The van der Waals surface area contributed by atoms with Crippen LogP contribution >= 0.6 is 11.3 Å². The molecule has 1 unspecified atom stereocenters. The van der Waals surface area contributed by atoms with E-state index < -0.39 is 6.10 Å². The van der Waals surface area contributed by atoms with Gasteiger partial charge in [-0.05, 0) is 31.2 Å². The number of hydrogen-bond donors (Lipinski definition) is 1. The Kier molecular flexibility index (Phi) is 3.41. The monoisotopic (exact) mass is 236 g/mol. The minimum atomic E-state index is -0.407. The lowest BCUT2D eigenvalue weighted by molar-refractivity contribution is 0.167. The third kappa shape index (κ3) is 2.51. The third-order valence-corrected chi connectivity index (χ3v) is 3.59. The van der Waals surface area contributed by atoms with E-state index in [1.807, 2.05) is 26.2 Å². The molecule has 0 radical (unpaired) electrons. The second kappa shape index (κ2) is 4.80. The molecule has 2 aromatic rings. The van der Waals surface area contributed by atoms with E-state index in [1.165, 1.54) is 4.88 Å². The Bertz CT molecular complexity index is 448. The average Bonchev–Trinajstić information content (AvgIpc) is 2.84. The number of aliphatic hydroxyl groups is 1. The molecule has 4 heteroatoms. The lowest BCUT2D eigenvalue weighted by Gasteiger charge is -2.08. The van der Waals surface area contributed by atoms with Crippen LogP contribution in [0.15, 0.2) is 23.7 Å². The summed E-state index contributed by atoms with van der Waals surface area (Å²) in [5, 5.41) is 16.4. The molecule has 16 heavy (non-hydrogen) atoms. The Labute approximate surface area is 99.4 Å². The number of aromatic nitrogens is 2. The molecule has 0 aliphatic heterocycles. The van der Waals surface area contributed by atoms with Gasteiger partial charge in [-0.3, -0.25) is 4.68 Å². The standard InChI is InChI=1S/C12H16N2OS/c1-9-11(8-14(2)13-9)12(15)6-5-10-4-3-7-16-10/h3-4,7-8,12,15H,5-6H2,1-2H3. The van der Waals surface area contributed by atoms with Crippen molar-refractivity contribution < 1.29 is 5.11 Å². The van der Waals surface area contributed by atoms with E-state index in [9.17, 15) is 5.11 Å². The quantitative estimate of drug-likeness (QED) is 0.885. The first-order valence-corrected chi connectivity index (χ1v) is 6.25. The summed E-state index contributed by atoms with van der Waals surface area (Å²) in [5.41, 5.74) is 1.86. The SMILES string of the molecule is Cc1nn(C)cc1C(O)CCc1cccs1. The van der Waals surface area contributed by atoms with Gasteiger partial charge in [-0.15, -0.1) is 11.3 Å². The van der Waals surface area contributed by atoms with Crippen LogP contribution in [0.4, 0.5) is 0 Å². The fraction of sp³-hybridized carbons (Fsp3) is 0.417. The van der Waals surface area contributed by atoms with Gasteiger partial charge in [0.25, 0.3) is 0 Å². The molecule has 0 amide bonds. The maximum atomic E-state index is 10.1. The Morgan fingerprint density at radius 1 is 1.56 bits per heavy atom. The van der Waals surface area contributed by atoms with E-state index in [1.54, 1.807) is 16.0 Å². The van der Waals surface area contributed by atoms with Crippen LogP contribution in [0.2, 0.25) is 0 Å². The normalized spacial score (nSPS) is 12.9. The largest absolute Gasteiger partial charge is 0.388 e. The van der Waals surface area contributed by atoms with Crippen LogP contribution in [0.25, 0.3) is 0 Å². The zero-order valence-corrected chi connectivity index (χ0v) is 10.4. The maximum absolute atomic E-state index is 10.1. The minimum absolute atomic E-state index is 0.407. The fourth-order valence-corrected chi connectivity index (χ4v) is 2.56. The molecule has 0 aliphatic rings. The maximum Gasteiger partial charge on any atom is 0.0826 e. The van der Waals surface area contributed by atoms with Crippen LogP contribution in [0.3, 0.4) is 0 Å². The summed E-state index contributed by atoms with van der Waals surface area (Å²) < 4.78 is 1.75. The van der Waals surface area contributed by atoms with Crippen LogP contribution in [0.1, 0.15) is 28.7 Å². The molecule has 2 rings (SSSR count). The molecule has 1 N–H and O–H groups in total. The van der Waals surface area contributed by atoms with Crippen LogP contribution in [-0.4, -0.2) is 14.9 Å². The topological polar surface area (TPSA) is 38.0 Å². The predicted octanol–water partition coefficient (Wildman–Crippen LogP) is 2.46. The average molecular weight is 236 g/mol. The molecule has 0 saturated carbocycles. The van der Waals surface area contributed by atoms with E-state index in [-0.39, 0.29) is 0 Å². The molecule has 0 aliphatic carbocycles. The van der Waals surface area contributed by atoms with Gasteiger partial charge in [-0.2, -0.15) is 5.10 Å². The van der Waals surface area contributed by atoms with Gasteiger partial charge >= 0.3 is 0 Å². The van der Waals surface area contributed by atoms with Crippen molar-refractivity contribution >= 4 is 11.3 Å². The van der Waals surface area contributed by atoms with Crippen LogP contribution in [0.5, 0.6) is 0 Å². The van der Waals surface area contributed by atoms with Crippen molar-refractivity contribution in [3.8, 4) is 0 Å². The number of rotatable bonds is 4. The summed E-state index contributed by atoms with van der Waals surface area (Å²) in [7, 11) is 1.88. The Hall–Kier alpha value is -1.13. The van der Waals surface area contributed by atoms with E-state index in [2.05, 4.69) is 16.5 Å². The van der Waals surface area contributed by atoms with Gasteiger partial charge in [0, 0.05) is 23.7 Å². The summed E-state index contributed by atoms with van der Waals surface area (Å²) in [6.45, 7) is 1.93. The molecular formula is C12H16N2OS. The van der Waals surface area contributed by atoms with Crippen LogP contribution < -0.4 is 0 Å². The van der Waals surface area contributed by atoms with Crippen molar-refractivity contribution in [2.75, 3.05) is 0 Å². The number of hydrogen-bond acceptors (Lipinski definition) is 3. The van der Waals surface area contributed by atoms with Gasteiger partial charge in [-0.1, -0.05) is 6.07 Å². The summed E-state index contributed by atoms with van der Waals surface area (Å²) in [6.07, 6.45) is 3.17. The Morgan fingerprint density at radius 2 is 2.38 bits per heavy atom. The molecule has 0 aromatic carbocycles. The smallest absolute Gasteiger partial charge is 0.0826 e. The molecule has 0 bridgehead atoms. The van der Waals surface area contributed by atoms with Crippen molar-refractivity contribution in [1.82, 2.24) is 9.78 Å². The first-order chi connectivity index (χ1) is 7.66. The zero-order chi connectivity index (χ0) is 11.5. The summed E-state index contributed by atoms with van der Waals surface area (Å²) in [5.74, 6) is 0. The highest BCUT2D eigenvalue weighted by molar-refractivity contribution is 7.09. The minimum Gasteiger partial charge on any atom is -0.388 e. The van der Waals surface area contributed by atoms with Crippen molar-refractivity contribution in [3.63, 3.8) is 0 Å². The van der Waals surface area contributed by atoms with E-state index in [0.717, 1.165) is 24.1 Å². The summed E-state index contributed by atoms with van der Waals surface area (Å²) in [6, 6.07) is 4.15. The highest BCUT2D eigenvalue weighted by atomic mass is 32.1. The van der Waals surface area contributed by atoms with Gasteiger partial charge in [0.1, 0.15) is 0 Å². The fourth-order valence-electron chi connectivity index (χ4n) is 1.83. The second-order valence-corrected chi connectivity index (χ2v) is 5.01. The van der Waals surface area contributed by atoms with E-state index >= 15 is 0 Å². The van der Waals surface area contributed by atoms with Gasteiger partial charge in [0.2, 0.25) is 0 Å². The molecule has 2 aromatic heterocycles. The van der Waals surface area contributed by atoms with Gasteiger partial charge in [0.15, 0.2) is 0 Å². The molecule has 2 heterocycles. The molecule has 0 spiro atoms. The molecule has 1 atom stereocenters. The highest BCUT2D eigenvalue weighted by Gasteiger charge is 2.13. The number of aliphatic hydroxyl groups excluding tert-OH is 1. The van der Waals surface area contributed by atoms with Gasteiger partial charge < -0.3 is 5.11 Å². The Balaban J connectivity index is 1.98.